The van der Waals surface area contributed by atoms with Gasteiger partial charge in [0.05, 0.1) is 6.20 Å². The molecular formula is C15H14FNO. The normalized spacial score (nSPS) is 10.4. The van der Waals surface area contributed by atoms with E-state index in [0.29, 0.717) is 12.1 Å². The van der Waals surface area contributed by atoms with Crippen LogP contribution in [0.2, 0.25) is 0 Å². The van der Waals surface area contributed by atoms with Crippen molar-refractivity contribution in [3.63, 3.8) is 0 Å². The Morgan fingerprint density at radius 1 is 1.22 bits per heavy atom. The molecule has 0 fully saturated rings. The van der Waals surface area contributed by atoms with Crippen molar-refractivity contribution in [2.24, 2.45) is 0 Å². The number of halogens is 1. The third-order valence-electron chi connectivity index (χ3n) is 2.87. The minimum absolute atomic E-state index is 0.0938. The highest BCUT2D eigenvalue weighted by atomic mass is 19.1. The first-order valence-corrected chi connectivity index (χ1v) is 5.77. The summed E-state index contributed by atoms with van der Waals surface area (Å²) in [5, 5.41) is 0. The number of Topliss-reactive ketones (excluding diaryl/α,β-unsaturated/α-hetero) is 1. The van der Waals surface area contributed by atoms with Crippen LogP contribution >= 0.6 is 0 Å². The fourth-order valence-corrected chi connectivity index (χ4v) is 1.80. The maximum absolute atomic E-state index is 12.7. The van der Waals surface area contributed by atoms with Crippen LogP contribution in [0.4, 0.5) is 4.39 Å². The van der Waals surface area contributed by atoms with Gasteiger partial charge in [-0.05, 0) is 37.1 Å². The molecule has 2 aromatic rings. The van der Waals surface area contributed by atoms with Crippen LogP contribution in [0.1, 0.15) is 27.2 Å². The van der Waals surface area contributed by atoms with E-state index in [2.05, 4.69) is 4.98 Å². The average molecular weight is 243 g/mol. The molecule has 18 heavy (non-hydrogen) atoms. The molecule has 92 valence electrons. The summed E-state index contributed by atoms with van der Waals surface area (Å²) in [7, 11) is 0. The molecule has 0 bridgehead atoms. The number of benzene rings is 1. The van der Waals surface area contributed by atoms with E-state index in [9.17, 15) is 9.18 Å². The van der Waals surface area contributed by atoms with Crippen molar-refractivity contribution < 1.29 is 9.18 Å². The Kier molecular flexibility index (Phi) is 3.51. The summed E-state index contributed by atoms with van der Waals surface area (Å²) >= 11 is 0. The fraction of sp³-hybridized carbons (Fsp3) is 0.200. The van der Waals surface area contributed by atoms with Gasteiger partial charge in [-0.2, -0.15) is 0 Å². The van der Waals surface area contributed by atoms with Gasteiger partial charge in [0.1, 0.15) is 11.5 Å². The second kappa shape index (κ2) is 5.08. The second-order valence-electron chi connectivity index (χ2n) is 4.39. The number of aromatic nitrogens is 1. The Bertz CT molecular complexity index is 576. The quantitative estimate of drug-likeness (QED) is 0.774. The molecule has 0 saturated carbocycles. The van der Waals surface area contributed by atoms with Crippen LogP contribution in [0.15, 0.2) is 36.5 Å². The van der Waals surface area contributed by atoms with Gasteiger partial charge in [0.25, 0.3) is 0 Å². The third-order valence-corrected chi connectivity index (χ3v) is 2.87. The molecule has 1 heterocycles. The van der Waals surface area contributed by atoms with Gasteiger partial charge in [0.2, 0.25) is 0 Å². The summed E-state index contributed by atoms with van der Waals surface area (Å²) < 4.78 is 12.7. The Morgan fingerprint density at radius 3 is 2.67 bits per heavy atom. The lowest BCUT2D eigenvalue weighted by molar-refractivity contribution is 0.0988. The monoisotopic (exact) mass is 243 g/mol. The smallest absolute Gasteiger partial charge is 0.185 e. The van der Waals surface area contributed by atoms with E-state index in [-0.39, 0.29) is 5.78 Å². The maximum atomic E-state index is 12.7. The van der Waals surface area contributed by atoms with Gasteiger partial charge >= 0.3 is 0 Å². The molecule has 1 aromatic carbocycles. The number of hydrogen-bond acceptors (Lipinski definition) is 2. The van der Waals surface area contributed by atoms with Crippen LogP contribution in [0, 0.1) is 19.7 Å². The van der Waals surface area contributed by atoms with Gasteiger partial charge in [0.15, 0.2) is 5.78 Å². The molecule has 0 amide bonds. The topological polar surface area (TPSA) is 30.0 Å². The number of carbonyl (C=O) groups excluding carboxylic acids is 1. The maximum Gasteiger partial charge on any atom is 0.185 e. The minimum Gasteiger partial charge on any atom is -0.292 e. The zero-order valence-electron chi connectivity index (χ0n) is 10.4. The van der Waals surface area contributed by atoms with Crippen molar-refractivity contribution in [3.05, 3.63) is 64.7 Å². The van der Waals surface area contributed by atoms with Gasteiger partial charge in [-0.15, -0.1) is 0 Å². The van der Waals surface area contributed by atoms with Crippen LogP contribution in [0.3, 0.4) is 0 Å². The zero-order valence-corrected chi connectivity index (χ0v) is 10.4. The second-order valence-corrected chi connectivity index (χ2v) is 4.39. The molecular weight excluding hydrogens is 229 g/mol. The highest BCUT2D eigenvalue weighted by molar-refractivity contribution is 5.95. The molecule has 0 saturated heterocycles. The van der Waals surface area contributed by atoms with Gasteiger partial charge in [-0.25, -0.2) is 4.39 Å². The van der Waals surface area contributed by atoms with E-state index < -0.39 is 5.82 Å². The first-order chi connectivity index (χ1) is 8.56. The predicted molar refractivity (Wildman–Crippen MR) is 68.1 cm³/mol. The van der Waals surface area contributed by atoms with E-state index in [0.717, 1.165) is 22.9 Å². The molecule has 3 heteroatoms. The van der Waals surface area contributed by atoms with Crippen molar-refractivity contribution in [1.29, 1.82) is 0 Å². The van der Waals surface area contributed by atoms with Gasteiger partial charge in [-0.3, -0.25) is 9.78 Å². The third kappa shape index (κ3) is 2.80. The van der Waals surface area contributed by atoms with Crippen molar-refractivity contribution in [2.75, 3.05) is 0 Å². The Balaban J connectivity index is 2.21. The van der Waals surface area contributed by atoms with Gasteiger partial charge in [-0.1, -0.05) is 23.8 Å². The fourth-order valence-electron chi connectivity index (χ4n) is 1.80. The first-order valence-electron chi connectivity index (χ1n) is 5.77. The van der Waals surface area contributed by atoms with Gasteiger partial charge in [0, 0.05) is 6.42 Å². The van der Waals surface area contributed by atoms with E-state index in [1.807, 2.05) is 32.0 Å². The summed E-state index contributed by atoms with van der Waals surface area (Å²) in [5.41, 5.74) is 3.50. The first kappa shape index (κ1) is 12.4. The molecule has 0 atom stereocenters. The number of aryl methyl sites for hydroxylation is 2. The van der Waals surface area contributed by atoms with Crippen LogP contribution < -0.4 is 0 Å². The summed E-state index contributed by atoms with van der Waals surface area (Å²) in [5.74, 6) is -0.526. The molecule has 2 nitrogen and oxygen atoms in total. The number of hydrogen-bond donors (Lipinski definition) is 0. The van der Waals surface area contributed by atoms with E-state index in [4.69, 9.17) is 0 Å². The summed E-state index contributed by atoms with van der Waals surface area (Å²) in [6, 6.07) is 8.68. The molecule has 1 aromatic heterocycles. The zero-order chi connectivity index (χ0) is 13.1. The lowest BCUT2D eigenvalue weighted by Crippen LogP contribution is -2.07. The molecule has 0 spiro atoms. The van der Waals surface area contributed by atoms with E-state index in [1.165, 1.54) is 12.1 Å². The number of nitrogens with zero attached hydrogens (tertiary/aromatic N) is 1. The number of rotatable bonds is 3. The van der Waals surface area contributed by atoms with Gasteiger partial charge < -0.3 is 0 Å². The molecule has 0 aliphatic heterocycles. The highest BCUT2D eigenvalue weighted by Gasteiger charge is 2.10. The average Bonchev–Trinajstić information content (AvgIpc) is 2.34. The summed E-state index contributed by atoms with van der Waals surface area (Å²) in [4.78, 5) is 15.8. The molecule has 0 unspecified atom stereocenters. The van der Waals surface area contributed by atoms with Crippen LogP contribution in [0.25, 0.3) is 0 Å². The molecule has 0 N–H and O–H groups in total. The summed E-state index contributed by atoms with van der Waals surface area (Å²) in [6.07, 6.45) is 1.36. The molecule has 2 rings (SSSR count). The SMILES string of the molecule is Cc1ccc(C)c(CC(=O)c2ccc(F)cn2)c1. The highest BCUT2D eigenvalue weighted by Crippen LogP contribution is 2.13. The van der Waals surface area contributed by atoms with Crippen LogP contribution in [-0.2, 0) is 6.42 Å². The van der Waals surface area contributed by atoms with Crippen molar-refractivity contribution in [1.82, 2.24) is 4.98 Å². The Hall–Kier alpha value is -2.03. The van der Waals surface area contributed by atoms with Crippen molar-refractivity contribution in [2.45, 2.75) is 20.3 Å². The largest absolute Gasteiger partial charge is 0.292 e. The van der Waals surface area contributed by atoms with Crippen molar-refractivity contribution >= 4 is 5.78 Å². The number of ketones is 1. The van der Waals surface area contributed by atoms with Crippen molar-refractivity contribution in [3.8, 4) is 0 Å². The standard InChI is InChI=1S/C15H14FNO/c1-10-3-4-11(2)12(7-10)8-15(18)14-6-5-13(16)9-17-14/h3-7,9H,8H2,1-2H3. The minimum atomic E-state index is -0.432. The van der Waals surface area contributed by atoms with E-state index >= 15 is 0 Å². The molecule has 0 aliphatic rings. The van der Waals surface area contributed by atoms with E-state index in [1.54, 1.807) is 0 Å². The number of carbonyl (C=O) groups is 1. The molecule has 0 radical (unpaired) electrons. The lowest BCUT2D eigenvalue weighted by atomic mass is 10.00. The van der Waals surface area contributed by atoms with Crippen LogP contribution in [0.5, 0.6) is 0 Å². The lowest BCUT2D eigenvalue weighted by Gasteiger charge is -2.06. The Morgan fingerprint density at radius 2 is 2.00 bits per heavy atom. The van der Waals surface area contributed by atoms with Crippen LogP contribution in [-0.4, -0.2) is 10.8 Å². The Labute approximate surface area is 105 Å². The summed E-state index contributed by atoms with van der Waals surface area (Å²) in [6.45, 7) is 3.96. The predicted octanol–water partition coefficient (Wildman–Crippen LogP) is 3.26. The number of pyridine rings is 1. The molecule has 0 aliphatic carbocycles.